The molecule has 0 aliphatic heterocycles. The van der Waals surface area contributed by atoms with Crippen LogP contribution in [0.3, 0.4) is 0 Å². The number of allylic oxidation sites excluding steroid dienone is 1. The van der Waals surface area contributed by atoms with Crippen LogP contribution in [0.25, 0.3) is 10.8 Å². The zero-order valence-electron chi connectivity index (χ0n) is 11.2. The van der Waals surface area contributed by atoms with Gasteiger partial charge in [-0.05, 0) is 37.9 Å². The van der Waals surface area contributed by atoms with E-state index in [9.17, 15) is 0 Å². The molecule has 0 aliphatic rings. The summed E-state index contributed by atoms with van der Waals surface area (Å²) in [5.74, 6) is 0. The zero-order valence-corrected chi connectivity index (χ0v) is 11.2. The molecule has 3 N–H and O–H groups in total. The van der Waals surface area contributed by atoms with E-state index in [1.807, 2.05) is 24.5 Å². The van der Waals surface area contributed by atoms with Gasteiger partial charge in [0.05, 0.1) is 0 Å². The van der Waals surface area contributed by atoms with Gasteiger partial charge < -0.3 is 11.1 Å². The third-order valence-corrected chi connectivity index (χ3v) is 3.17. The lowest BCUT2D eigenvalue weighted by Crippen LogP contribution is -2.01. The molecule has 3 nitrogen and oxygen atoms in total. The van der Waals surface area contributed by atoms with Crippen molar-refractivity contribution in [3.05, 3.63) is 48.9 Å². The molecule has 0 saturated heterocycles. The number of aromatic nitrogens is 1. The maximum atomic E-state index is 5.49. The quantitative estimate of drug-likeness (QED) is 0.742. The Morgan fingerprint density at radius 1 is 1.21 bits per heavy atom. The molecule has 100 valence electrons. The molecule has 1 aromatic heterocycles. The van der Waals surface area contributed by atoms with Crippen molar-refractivity contribution < 1.29 is 0 Å². The molecule has 1 heterocycles. The summed E-state index contributed by atoms with van der Waals surface area (Å²) < 4.78 is 0. The molecule has 0 radical (unpaired) electrons. The fraction of sp³-hybridized carbons (Fsp3) is 0.312. The molecule has 0 fully saturated rings. The van der Waals surface area contributed by atoms with Crippen LogP contribution in [-0.4, -0.2) is 11.5 Å². The van der Waals surface area contributed by atoms with Crippen molar-refractivity contribution in [2.45, 2.75) is 25.7 Å². The number of hydrogen-bond acceptors (Lipinski definition) is 3. The summed E-state index contributed by atoms with van der Waals surface area (Å²) in [5.41, 5.74) is 7.64. The van der Waals surface area contributed by atoms with Crippen molar-refractivity contribution in [3.63, 3.8) is 0 Å². The second kappa shape index (κ2) is 6.90. The number of benzene rings is 1. The number of nitrogens with zero attached hydrogens (tertiary/aromatic N) is 1. The molecule has 0 atom stereocenters. The van der Waals surface area contributed by atoms with Crippen LogP contribution < -0.4 is 11.1 Å². The summed E-state index contributed by atoms with van der Waals surface area (Å²) in [7, 11) is 0. The molecule has 2 aromatic rings. The van der Waals surface area contributed by atoms with Crippen LogP contribution in [0.5, 0.6) is 0 Å². The van der Waals surface area contributed by atoms with Crippen molar-refractivity contribution in [1.29, 1.82) is 0 Å². The Morgan fingerprint density at radius 2 is 2.11 bits per heavy atom. The van der Waals surface area contributed by atoms with Crippen molar-refractivity contribution >= 4 is 16.5 Å². The number of unbranched alkanes of at least 4 members (excludes halogenated alkanes) is 2. The smallest absolute Gasteiger partial charge is 0.0462 e. The van der Waals surface area contributed by atoms with E-state index in [1.54, 1.807) is 0 Å². The second-order valence-electron chi connectivity index (χ2n) is 4.73. The van der Waals surface area contributed by atoms with Crippen molar-refractivity contribution in [3.8, 4) is 0 Å². The van der Waals surface area contributed by atoms with Crippen LogP contribution in [0.1, 0.15) is 25.7 Å². The molecular weight excluding hydrogens is 234 g/mol. The van der Waals surface area contributed by atoms with E-state index in [-0.39, 0.29) is 0 Å². The Balaban J connectivity index is 1.99. The van der Waals surface area contributed by atoms with Crippen LogP contribution in [-0.2, 0) is 0 Å². The molecule has 2 rings (SSSR count). The number of anilines is 1. The Bertz CT molecular complexity index is 543. The predicted octanol–water partition coefficient (Wildman–Crippen LogP) is 3.68. The van der Waals surface area contributed by atoms with Gasteiger partial charge in [-0.2, -0.15) is 0 Å². The maximum Gasteiger partial charge on any atom is 0.0462 e. The van der Waals surface area contributed by atoms with E-state index in [1.165, 1.54) is 5.39 Å². The molecule has 0 unspecified atom stereocenters. The Morgan fingerprint density at radius 3 is 2.95 bits per heavy atom. The van der Waals surface area contributed by atoms with E-state index >= 15 is 0 Å². The zero-order chi connectivity index (χ0) is 13.5. The number of nitrogens with two attached hydrogens (primary N) is 1. The van der Waals surface area contributed by atoms with Gasteiger partial charge >= 0.3 is 0 Å². The summed E-state index contributed by atoms with van der Waals surface area (Å²) in [4.78, 5) is 4.14. The number of fused-ring (bicyclic) bond motifs is 1. The van der Waals surface area contributed by atoms with E-state index in [4.69, 9.17) is 5.73 Å². The monoisotopic (exact) mass is 255 g/mol. The highest BCUT2D eigenvalue weighted by molar-refractivity contribution is 5.93. The summed E-state index contributed by atoms with van der Waals surface area (Å²) in [6.45, 7) is 4.87. The van der Waals surface area contributed by atoms with E-state index < -0.39 is 0 Å². The summed E-state index contributed by atoms with van der Waals surface area (Å²) in [5, 5.41) is 5.73. The SMILES string of the molecule is C=C(CCCCCN)Nc1cccc2cnccc12. The molecular formula is C16H21N3. The average molecular weight is 255 g/mol. The van der Waals surface area contributed by atoms with Gasteiger partial charge in [-0.1, -0.05) is 25.1 Å². The average Bonchev–Trinajstić information content (AvgIpc) is 2.44. The molecule has 0 bridgehead atoms. The Kier molecular flexibility index (Phi) is 4.93. The molecule has 3 heteroatoms. The van der Waals surface area contributed by atoms with Crippen molar-refractivity contribution in [2.75, 3.05) is 11.9 Å². The van der Waals surface area contributed by atoms with Gasteiger partial charge in [0, 0.05) is 34.6 Å². The molecule has 0 saturated carbocycles. The minimum Gasteiger partial charge on any atom is -0.359 e. The lowest BCUT2D eigenvalue weighted by Gasteiger charge is -2.12. The van der Waals surface area contributed by atoms with E-state index in [0.29, 0.717) is 0 Å². The van der Waals surface area contributed by atoms with Gasteiger partial charge in [0.1, 0.15) is 0 Å². The first-order chi connectivity index (χ1) is 9.31. The standard InChI is InChI=1S/C16H21N3/c1-13(6-3-2-4-10-17)19-16-8-5-7-14-12-18-11-9-15(14)16/h5,7-9,11-12,19H,1-4,6,10,17H2. The van der Waals surface area contributed by atoms with Crippen molar-refractivity contribution in [1.82, 2.24) is 4.98 Å². The molecule has 0 aliphatic carbocycles. The number of rotatable bonds is 7. The number of hydrogen-bond donors (Lipinski definition) is 2. The fourth-order valence-corrected chi connectivity index (χ4v) is 2.14. The lowest BCUT2D eigenvalue weighted by molar-refractivity contribution is 0.685. The fourth-order valence-electron chi connectivity index (χ4n) is 2.14. The van der Waals surface area contributed by atoms with Gasteiger partial charge in [0.15, 0.2) is 0 Å². The Hall–Kier alpha value is -1.87. The molecule has 19 heavy (non-hydrogen) atoms. The summed E-state index contributed by atoms with van der Waals surface area (Å²) in [6.07, 6.45) is 8.07. The van der Waals surface area contributed by atoms with Crippen LogP contribution >= 0.6 is 0 Å². The minimum atomic E-state index is 0.774. The lowest BCUT2D eigenvalue weighted by atomic mass is 10.1. The highest BCUT2D eigenvalue weighted by Crippen LogP contribution is 2.24. The van der Waals surface area contributed by atoms with Crippen LogP contribution in [0.2, 0.25) is 0 Å². The highest BCUT2D eigenvalue weighted by atomic mass is 14.9. The van der Waals surface area contributed by atoms with Gasteiger partial charge in [-0.25, -0.2) is 0 Å². The van der Waals surface area contributed by atoms with Gasteiger partial charge in [0.2, 0.25) is 0 Å². The predicted molar refractivity (Wildman–Crippen MR) is 82.0 cm³/mol. The van der Waals surface area contributed by atoms with Gasteiger partial charge in [-0.15, -0.1) is 0 Å². The largest absolute Gasteiger partial charge is 0.359 e. The summed E-state index contributed by atoms with van der Waals surface area (Å²) in [6, 6.07) is 8.21. The molecule has 0 spiro atoms. The third-order valence-electron chi connectivity index (χ3n) is 3.17. The second-order valence-corrected chi connectivity index (χ2v) is 4.73. The maximum absolute atomic E-state index is 5.49. The third kappa shape index (κ3) is 3.80. The minimum absolute atomic E-state index is 0.774. The normalized spacial score (nSPS) is 10.6. The van der Waals surface area contributed by atoms with Crippen molar-refractivity contribution in [2.24, 2.45) is 5.73 Å². The summed E-state index contributed by atoms with van der Waals surface area (Å²) >= 11 is 0. The topological polar surface area (TPSA) is 50.9 Å². The molecule has 1 aromatic carbocycles. The van der Waals surface area contributed by atoms with E-state index in [0.717, 1.165) is 49.0 Å². The van der Waals surface area contributed by atoms with Crippen LogP contribution in [0.4, 0.5) is 5.69 Å². The van der Waals surface area contributed by atoms with Gasteiger partial charge in [-0.3, -0.25) is 4.98 Å². The van der Waals surface area contributed by atoms with Gasteiger partial charge in [0.25, 0.3) is 0 Å². The van der Waals surface area contributed by atoms with Crippen LogP contribution in [0.15, 0.2) is 48.9 Å². The number of nitrogens with one attached hydrogen (secondary N) is 1. The highest BCUT2D eigenvalue weighted by Gasteiger charge is 2.01. The first-order valence-electron chi connectivity index (χ1n) is 6.79. The molecule has 0 amide bonds. The van der Waals surface area contributed by atoms with Crippen LogP contribution in [0, 0.1) is 0 Å². The van der Waals surface area contributed by atoms with E-state index in [2.05, 4.69) is 29.0 Å². The first-order valence-corrected chi connectivity index (χ1v) is 6.79. The number of pyridine rings is 1. The Labute approximate surface area is 114 Å². The first kappa shape index (κ1) is 13.6.